The third-order valence-corrected chi connectivity index (χ3v) is 3.93. The van der Waals surface area contributed by atoms with E-state index in [1.165, 1.54) is 12.1 Å². The molecule has 1 aliphatic carbocycles. The van der Waals surface area contributed by atoms with Gasteiger partial charge in [0, 0.05) is 23.6 Å². The molecular weight excluding hydrogens is 270 g/mol. The van der Waals surface area contributed by atoms with Crippen LogP contribution in [0.25, 0.3) is 10.9 Å². The zero-order chi connectivity index (χ0) is 14.8. The molecule has 0 aliphatic heterocycles. The van der Waals surface area contributed by atoms with Crippen LogP contribution < -0.4 is 5.32 Å². The molecule has 21 heavy (non-hydrogen) atoms. The van der Waals surface area contributed by atoms with Gasteiger partial charge in [0.2, 0.25) is 0 Å². The number of anilines is 1. The number of pyridine rings is 1. The monoisotopic (exact) mass is 287 g/mol. The van der Waals surface area contributed by atoms with Crippen molar-refractivity contribution in [2.45, 2.75) is 37.8 Å². The summed E-state index contributed by atoms with van der Waals surface area (Å²) in [5.74, 6) is 0.776. The molecular formula is C15H17N3O3. The highest BCUT2D eigenvalue weighted by Crippen LogP contribution is 2.24. The van der Waals surface area contributed by atoms with E-state index in [1.54, 1.807) is 6.07 Å². The molecule has 2 aromatic rings. The van der Waals surface area contributed by atoms with Crippen molar-refractivity contribution in [2.24, 2.45) is 0 Å². The van der Waals surface area contributed by atoms with Gasteiger partial charge in [0.1, 0.15) is 5.82 Å². The first-order valence-electron chi connectivity index (χ1n) is 7.11. The second-order valence-electron chi connectivity index (χ2n) is 5.48. The van der Waals surface area contributed by atoms with Crippen LogP contribution in [0.5, 0.6) is 0 Å². The molecule has 110 valence electrons. The van der Waals surface area contributed by atoms with Crippen LogP contribution in [-0.4, -0.2) is 27.2 Å². The Labute approximate surface area is 122 Å². The third kappa shape index (κ3) is 3.11. The van der Waals surface area contributed by atoms with Crippen LogP contribution in [0.4, 0.5) is 11.5 Å². The van der Waals surface area contributed by atoms with Gasteiger partial charge >= 0.3 is 0 Å². The summed E-state index contributed by atoms with van der Waals surface area (Å²) in [6.07, 6.45) is 3.32. The van der Waals surface area contributed by atoms with E-state index in [0.29, 0.717) is 6.04 Å². The number of nitrogens with zero attached hydrogens (tertiary/aromatic N) is 2. The molecule has 1 aromatic carbocycles. The van der Waals surface area contributed by atoms with Gasteiger partial charge in [0.05, 0.1) is 16.5 Å². The zero-order valence-corrected chi connectivity index (χ0v) is 11.5. The van der Waals surface area contributed by atoms with Crippen LogP contribution in [-0.2, 0) is 0 Å². The molecule has 0 unspecified atom stereocenters. The highest BCUT2D eigenvalue weighted by molar-refractivity contribution is 5.82. The number of nitrogens with one attached hydrogen (secondary N) is 1. The molecule has 0 atom stereocenters. The number of benzene rings is 1. The topological polar surface area (TPSA) is 88.3 Å². The number of hydrogen-bond acceptors (Lipinski definition) is 5. The SMILES string of the molecule is O=[N+]([O-])c1ccc2nc(NC3CCC(O)CC3)ccc2c1. The van der Waals surface area contributed by atoms with Gasteiger partial charge in [-0.15, -0.1) is 0 Å². The van der Waals surface area contributed by atoms with Crippen molar-refractivity contribution in [2.75, 3.05) is 5.32 Å². The van der Waals surface area contributed by atoms with E-state index >= 15 is 0 Å². The molecule has 0 amide bonds. The summed E-state index contributed by atoms with van der Waals surface area (Å²) in [6, 6.07) is 8.69. The summed E-state index contributed by atoms with van der Waals surface area (Å²) in [6.45, 7) is 0. The largest absolute Gasteiger partial charge is 0.393 e. The van der Waals surface area contributed by atoms with E-state index in [-0.39, 0.29) is 11.8 Å². The molecule has 1 aromatic heterocycles. The Hall–Kier alpha value is -2.21. The quantitative estimate of drug-likeness (QED) is 0.669. The molecule has 1 aliphatic rings. The lowest BCUT2D eigenvalue weighted by Gasteiger charge is -2.26. The summed E-state index contributed by atoms with van der Waals surface area (Å²) in [5, 5.41) is 24.4. The number of fused-ring (bicyclic) bond motifs is 1. The number of hydrogen-bond donors (Lipinski definition) is 2. The lowest BCUT2D eigenvalue weighted by Crippen LogP contribution is -2.28. The predicted molar refractivity (Wildman–Crippen MR) is 80.3 cm³/mol. The minimum Gasteiger partial charge on any atom is -0.393 e. The molecule has 1 fully saturated rings. The standard InChI is InChI=1S/C15H17N3O3/c19-13-5-2-11(3-6-13)16-15-8-1-10-9-12(18(20)21)4-7-14(10)17-15/h1,4,7-9,11,13,19H,2-3,5-6H2,(H,16,17). The lowest BCUT2D eigenvalue weighted by atomic mass is 9.93. The molecule has 0 saturated heterocycles. The van der Waals surface area contributed by atoms with Crippen molar-refractivity contribution < 1.29 is 10.0 Å². The summed E-state index contributed by atoms with van der Waals surface area (Å²) >= 11 is 0. The third-order valence-electron chi connectivity index (χ3n) is 3.93. The van der Waals surface area contributed by atoms with Crippen molar-refractivity contribution in [3.8, 4) is 0 Å². The summed E-state index contributed by atoms with van der Waals surface area (Å²) < 4.78 is 0. The minimum atomic E-state index is -0.404. The molecule has 1 saturated carbocycles. The molecule has 6 nitrogen and oxygen atoms in total. The van der Waals surface area contributed by atoms with Crippen molar-refractivity contribution >= 4 is 22.4 Å². The van der Waals surface area contributed by atoms with Gasteiger partial charge in [-0.25, -0.2) is 4.98 Å². The van der Waals surface area contributed by atoms with Gasteiger partial charge in [-0.2, -0.15) is 0 Å². The Morgan fingerprint density at radius 1 is 1.19 bits per heavy atom. The predicted octanol–water partition coefficient (Wildman–Crippen LogP) is 2.86. The number of nitro groups is 1. The van der Waals surface area contributed by atoms with Crippen LogP contribution in [0, 0.1) is 10.1 Å². The van der Waals surface area contributed by atoms with E-state index in [4.69, 9.17) is 0 Å². The zero-order valence-electron chi connectivity index (χ0n) is 11.5. The number of nitro benzene ring substituents is 1. The molecule has 6 heteroatoms. The summed E-state index contributed by atoms with van der Waals surface area (Å²) in [7, 11) is 0. The Kier molecular flexibility index (Phi) is 3.70. The summed E-state index contributed by atoms with van der Waals surface area (Å²) in [5.41, 5.74) is 0.813. The number of aliphatic hydroxyl groups is 1. The maximum absolute atomic E-state index is 10.8. The highest BCUT2D eigenvalue weighted by Gasteiger charge is 2.19. The molecule has 1 heterocycles. The molecule has 0 radical (unpaired) electrons. The maximum Gasteiger partial charge on any atom is 0.270 e. The van der Waals surface area contributed by atoms with E-state index in [9.17, 15) is 15.2 Å². The van der Waals surface area contributed by atoms with Gasteiger partial charge in [-0.1, -0.05) is 0 Å². The Morgan fingerprint density at radius 2 is 1.95 bits per heavy atom. The molecule has 3 rings (SSSR count). The normalized spacial score (nSPS) is 22.1. The average Bonchev–Trinajstić information content (AvgIpc) is 2.49. The fourth-order valence-electron chi connectivity index (χ4n) is 2.74. The van der Waals surface area contributed by atoms with Gasteiger partial charge < -0.3 is 10.4 Å². The van der Waals surface area contributed by atoms with Gasteiger partial charge in [0.15, 0.2) is 0 Å². The summed E-state index contributed by atoms with van der Waals surface area (Å²) in [4.78, 5) is 14.8. The first-order chi connectivity index (χ1) is 10.1. The van der Waals surface area contributed by atoms with Gasteiger partial charge in [-0.05, 0) is 43.9 Å². The van der Waals surface area contributed by atoms with E-state index in [2.05, 4.69) is 10.3 Å². The van der Waals surface area contributed by atoms with Crippen molar-refractivity contribution in [3.63, 3.8) is 0 Å². The fraction of sp³-hybridized carbons (Fsp3) is 0.400. The minimum absolute atomic E-state index is 0.0753. The number of rotatable bonds is 3. The van der Waals surface area contributed by atoms with Crippen molar-refractivity contribution in [1.29, 1.82) is 0 Å². The first kappa shape index (κ1) is 13.8. The highest BCUT2D eigenvalue weighted by atomic mass is 16.6. The van der Waals surface area contributed by atoms with Crippen LogP contribution in [0.1, 0.15) is 25.7 Å². The van der Waals surface area contributed by atoms with Crippen molar-refractivity contribution in [1.82, 2.24) is 4.98 Å². The Morgan fingerprint density at radius 3 is 2.67 bits per heavy atom. The Bertz CT molecular complexity index is 666. The second-order valence-corrected chi connectivity index (χ2v) is 5.48. The lowest BCUT2D eigenvalue weighted by molar-refractivity contribution is -0.384. The van der Waals surface area contributed by atoms with Crippen LogP contribution in [0.3, 0.4) is 0 Å². The van der Waals surface area contributed by atoms with Crippen LogP contribution in [0.2, 0.25) is 0 Å². The maximum atomic E-state index is 10.8. The van der Waals surface area contributed by atoms with E-state index < -0.39 is 4.92 Å². The van der Waals surface area contributed by atoms with Crippen molar-refractivity contribution in [3.05, 3.63) is 40.4 Å². The smallest absolute Gasteiger partial charge is 0.270 e. The first-order valence-corrected chi connectivity index (χ1v) is 7.11. The second kappa shape index (κ2) is 5.65. The molecule has 0 bridgehead atoms. The average molecular weight is 287 g/mol. The van der Waals surface area contributed by atoms with Crippen LogP contribution in [0.15, 0.2) is 30.3 Å². The number of non-ortho nitro benzene ring substituents is 1. The molecule has 2 N–H and O–H groups in total. The number of aromatic nitrogens is 1. The molecule has 0 spiro atoms. The van der Waals surface area contributed by atoms with Crippen LogP contribution >= 0.6 is 0 Å². The van der Waals surface area contributed by atoms with E-state index in [1.807, 2.05) is 12.1 Å². The van der Waals surface area contributed by atoms with Gasteiger partial charge in [0.25, 0.3) is 5.69 Å². The number of aliphatic hydroxyl groups excluding tert-OH is 1. The Balaban J connectivity index is 1.78. The van der Waals surface area contributed by atoms with Gasteiger partial charge in [-0.3, -0.25) is 10.1 Å². The van der Waals surface area contributed by atoms with E-state index in [0.717, 1.165) is 42.4 Å². The fourth-order valence-corrected chi connectivity index (χ4v) is 2.74.